The van der Waals surface area contributed by atoms with Gasteiger partial charge in [0.1, 0.15) is 0 Å². The van der Waals surface area contributed by atoms with Gasteiger partial charge in [-0.1, -0.05) is 13.8 Å². The quantitative estimate of drug-likeness (QED) is 0.588. The lowest BCUT2D eigenvalue weighted by molar-refractivity contribution is -0.134. The van der Waals surface area contributed by atoms with Gasteiger partial charge in [-0.2, -0.15) is 0 Å². The van der Waals surface area contributed by atoms with Crippen molar-refractivity contribution in [1.82, 2.24) is 15.4 Å². The maximum Gasteiger partial charge on any atom is 0.276 e. The molecule has 2 unspecified atom stereocenters. The Morgan fingerprint density at radius 3 is 2.59 bits per heavy atom. The summed E-state index contributed by atoms with van der Waals surface area (Å²) in [5.74, 6) is 2.29. The number of carbonyl (C=O) groups is 1. The normalized spacial score (nSPS) is 36.0. The fourth-order valence-corrected chi connectivity index (χ4v) is 7.75. The number of amides is 1. The number of hydrogen-bond donors (Lipinski definition) is 2. The number of nitrogens with zero attached hydrogens (tertiary/aromatic N) is 2. The van der Waals surface area contributed by atoms with Crippen molar-refractivity contribution >= 4 is 5.91 Å². The third-order valence-corrected chi connectivity index (χ3v) is 8.94. The van der Waals surface area contributed by atoms with E-state index in [9.17, 15) is 4.79 Å². The monoisotopic (exact) mass is 397 g/mol. The van der Waals surface area contributed by atoms with Gasteiger partial charge in [-0.05, 0) is 92.6 Å². The smallest absolute Gasteiger partial charge is 0.276 e. The summed E-state index contributed by atoms with van der Waals surface area (Å²) in [6.45, 7) is 7.02. The second-order valence-corrected chi connectivity index (χ2v) is 10.8. The van der Waals surface area contributed by atoms with Crippen molar-refractivity contribution in [3.63, 3.8) is 0 Å². The maximum atomic E-state index is 11.7. The van der Waals surface area contributed by atoms with Crippen LogP contribution >= 0.6 is 0 Å². The van der Waals surface area contributed by atoms with E-state index in [4.69, 9.17) is 5.21 Å². The van der Waals surface area contributed by atoms with Crippen molar-refractivity contribution in [3.05, 3.63) is 29.1 Å². The van der Waals surface area contributed by atoms with Crippen LogP contribution in [0.4, 0.5) is 0 Å². The Balaban J connectivity index is 1.39. The number of pyridine rings is 1. The van der Waals surface area contributed by atoms with Gasteiger partial charge in [0.05, 0.1) is 11.3 Å². The first kappa shape index (κ1) is 19.5. The summed E-state index contributed by atoms with van der Waals surface area (Å²) in [5, 5.41) is 8.90. The summed E-state index contributed by atoms with van der Waals surface area (Å²) >= 11 is 0. The molecule has 1 amide bonds. The molecule has 5 rings (SSSR count). The summed E-state index contributed by atoms with van der Waals surface area (Å²) < 4.78 is 0. The van der Waals surface area contributed by atoms with E-state index in [0.29, 0.717) is 16.5 Å². The highest BCUT2D eigenvalue weighted by Gasteiger charge is 2.58. The Morgan fingerprint density at radius 2 is 1.97 bits per heavy atom. The molecule has 0 spiro atoms. The van der Waals surface area contributed by atoms with Gasteiger partial charge in [-0.3, -0.25) is 19.9 Å². The average molecular weight is 398 g/mol. The van der Waals surface area contributed by atoms with Crippen LogP contribution in [0.25, 0.3) is 0 Å². The number of fused-ring (bicyclic) bond motifs is 3. The Hall–Kier alpha value is -1.46. The first-order valence-electron chi connectivity index (χ1n) is 11.6. The zero-order valence-electron chi connectivity index (χ0n) is 17.9. The van der Waals surface area contributed by atoms with Crippen LogP contribution in [-0.4, -0.2) is 33.1 Å². The third-order valence-electron chi connectivity index (χ3n) is 8.94. The summed E-state index contributed by atoms with van der Waals surface area (Å²) in [6.07, 6.45) is 13.7. The zero-order valence-corrected chi connectivity index (χ0v) is 17.9. The average Bonchev–Trinajstić information content (AvgIpc) is 2.64. The number of rotatable bonds is 3. The summed E-state index contributed by atoms with van der Waals surface area (Å²) in [6, 6.07) is 1.91. The van der Waals surface area contributed by atoms with Gasteiger partial charge in [0.2, 0.25) is 0 Å². The topological polar surface area (TPSA) is 65.5 Å². The van der Waals surface area contributed by atoms with E-state index in [2.05, 4.69) is 23.7 Å². The molecule has 2 atom stereocenters. The van der Waals surface area contributed by atoms with Crippen molar-refractivity contribution in [2.45, 2.75) is 83.7 Å². The van der Waals surface area contributed by atoms with Crippen molar-refractivity contribution in [3.8, 4) is 0 Å². The SMILES string of the molecule is CC1CC2CC(C1)CC(C)(C1(N3CCc4cc(C(=O)NO)cnc4C3)CCC1)C2. The summed E-state index contributed by atoms with van der Waals surface area (Å²) in [5.41, 5.74) is 5.21. The van der Waals surface area contributed by atoms with E-state index < -0.39 is 5.91 Å². The van der Waals surface area contributed by atoms with Crippen molar-refractivity contribution < 1.29 is 10.0 Å². The van der Waals surface area contributed by atoms with Crippen LogP contribution in [-0.2, 0) is 13.0 Å². The van der Waals surface area contributed by atoms with Crippen LogP contribution in [0.15, 0.2) is 12.3 Å². The molecule has 4 aliphatic rings. The van der Waals surface area contributed by atoms with E-state index in [0.717, 1.165) is 48.5 Å². The first-order valence-corrected chi connectivity index (χ1v) is 11.6. The van der Waals surface area contributed by atoms with E-state index >= 15 is 0 Å². The van der Waals surface area contributed by atoms with Crippen molar-refractivity contribution in [1.29, 1.82) is 0 Å². The molecule has 1 aromatic heterocycles. The Kier molecular flexibility index (Phi) is 4.74. The highest BCUT2D eigenvalue weighted by molar-refractivity contribution is 5.93. The van der Waals surface area contributed by atoms with Crippen LogP contribution in [0.1, 0.15) is 86.8 Å². The number of hydrogen-bond acceptors (Lipinski definition) is 4. The lowest BCUT2D eigenvalue weighted by Crippen LogP contribution is -2.65. The number of nitrogens with one attached hydrogen (secondary N) is 1. The van der Waals surface area contributed by atoms with Gasteiger partial charge >= 0.3 is 0 Å². The minimum absolute atomic E-state index is 0.338. The molecule has 0 radical (unpaired) electrons. The summed E-state index contributed by atoms with van der Waals surface area (Å²) in [4.78, 5) is 19.1. The molecule has 3 aliphatic carbocycles. The molecule has 1 aromatic rings. The van der Waals surface area contributed by atoms with Gasteiger partial charge < -0.3 is 0 Å². The fraction of sp³-hybridized carbons (Fsp3) is 0.750. The van der Waals surface area contributed by atoms with E-state index in [1.165, 1.54) is 51.4 Å². The van der Waals surface area contributed by atoms with Crippen LogP contribution in [0.2, 0.25) is 0 Å². The molecular formula is C24H35N3O2. The van der Waals surface area contributed by atoms with Crippen molar-refractivity contribution in [2.24, 2.45) is 23.2 Å². The highest BCUT2D eigenvalue weighted by Crippen LogP contribution is 2.61. The van der Waals surface area contributed by atoms with E-state index in [1.807, 2.05) is 6.07 Å². The standard InChI is InChI=1S/C24H35N3O2/c1-16-8-17-10-18(9-16)13-23(2,12-17)24(5-3-6-24)27-7-4-19-11-20(22(28)26-29)14-25-21(19)15-27/h11,14,16-18,29H,3-10,12-13,15H2,1-2H3,(H,26,28). The van der Waals surface area contributed by atoms with Gasteiger partial charge in [0, 0.05) is 24.8 Å². The second-order valence-electron chi connectivity index (χ2n) is 10.8. The lowest BCUT2D eigenvalue weighted by Gasteiger charge is -2.65. The van der Waals surface area contributed by atoms with Crippen LogP contribution in [0.5, 0.6) is 0 Å². The lowest BCUT2D eigenvalue weighted by atomic mass is 9.48. The molecule has 158 valence electrons. The molecule has 1 aliphatic heterocycles. The molecule has 29 heavy (non-hydrogen) atoms. The fourth-order valence-electron chi connectivity index (χ4n) is 7.75. The molecule has 5 heteroatoms. The Morgan fingerprint density at radius 1 is 1.24 bits per heavy atom. The summed E-state index contributed by atoms with van der Waals surface area (Å²) in [7, 11) is 0. The highest BCUT2D eigenvalue weighted by atomic mass is 16.5. The van der Waals surface area contributed by atoms with Crippen LogP contribution in [0.3, 0.4) is 0 Å². The van der Waals surface area contributed by atoms with Gasteiger partial charge in [0.25, 0.3) is 5.91 Å². The largest absolute Gasteiger partial charge is 0.291 e. The Labute approximate surface area is 174 Å². The molecular weight excluding hydrogens is 362 g/mol. The predicted octanol–water partition coefficient (Wildman–Crippen LogP) is 4.33. The van der Waals surface area contributed by atoms with Gasteiger partial charge in [-0.15, -0.1) is 0 Å². The minimum Gasteiger partial charge on any atom is -0.291 e. The number of aromatic nitrogens is 1. The van der Waals surface area contributed by atoms with E-state index in [-0.39, 0.29) is 0 Å². The Bertz CT molecular complexity index is 785. The molecule has 0 aromatic carbocycles. The molecule has 3 fully saturated rings. The molecule has 2 bridgehead atoms. The maximum absolute atomic E-state index is 11.7. The van der Waals surface area contributed by atoms with Gasteiger partial charge in [-0.25, -0.2) is 5.48 Å². The second kappa shape index (κ2) is 7.05. The molecule has 2 N–H and O–H groups in total. The minimum atomic E-state index is -0.478. The molecule has 3 saturated carbocycles. The third kappa shape index (κ3) is 3.12. The number of hydroxylamine groups is 1. The molecule has 2 heterocycles. The predicted molar refractivity (Wildman–Crippen MR) is 112 cm³/mol. The number of carbonyl (C=O) groups excluding carboxylic acids is 1. The van der Waals surface area contributed by atoms with Crippen LogP contribution in [0, 0.1) is 23.2 Å². The molecule has 0 saturated heterocycles. The zero-order chi connectivity index (χ0) is 20.2. The van der Waals surface area contributed by atoms with Gasteiger partial charge in [0.15, 0.2) is 0 Å². The molecule has 5 nitrogen and oxygen atoms in total. The van der Waals surface area contributed by atoms with Crippen molar-refractivity contribution in [2.75, 3.05) is 6.54 Å². The van der Waals surface area contributed by atoms with Crippen LogP contribution < -0.4 is 5.48 Å². The van der Waals surface area contributed by atoms with E-state index in [1.54, 1.807) is 11.7 Å². The first-order chi connectivity index (χ1) is 13.9.